The van der Waals surface area contributed by atoms with E-state index in [9.17, 15) is 4.79 Å². The van der Waals surface area contributed by atoms with Gasteiger partial charge in [0.05, 0.1) is 6.54 Å². The van der Waals surface area contributed by atoms with Crippen molar-refractivity contribution in [1.82, 2.24) is 9.88 Å². The molecule has 88 valence electrons. The normalized spacial score (nSPS) is 10.2. The lowest BCUT2D eigenvalue weighted by atomic mass is 10.3. The molecule has 0 radical (unpaired) electrons. The number of carbonyl (C=O) groups is 1. The van der Waals surface area contributed by atoms with E-state index in [0.717, 1.165) is 9.35 Å². The SMILES string of the molecule is CN(Cc1cc(Br)cs1)C(=O)c1ccccn1. The van der Waals surface area contributed by atoms with Gasteiger partial charge in [0, 0.05) is 28.0 Å². The number of amides is 1. The summed E-state index contributed by atoms with van der Waals surface area (Å²) in [5.74, 6) is -0.0601. The molecule has 0 saturated heterocycles. The number of hydrogen-bond donors (Lipinski definition) is 0. The van der Waals surface area contributed by atoms with Crippen molar-refractivity contribution in [2.75, 3.05) is 7.05 Å². The molecule has 0 aliphatic carbocycles. The number of aromatic nitrogens is 1. The van der Waals surface area contributed by atoms with Crippen LogP contribution < -0.4 is 0 Å². The minimum absolute atomic E-state index is 0.0601. The van der Waals surface area contributed by atoms with Crippen molar-refractivity contribution >= 4 is 33.2 Å². The Kier molecular flexibility index (Phi) is 3.91. The summed E-state index contributed by atoms with van der Waals surface area (Å²) in [7, 11) is 1.78. The molecule has 0 atom stereocenters. The van der Waals surface area contributed by atoms with Crippen molar-refractivity contribution < 1.29 is 4.79 Å². The summed E-state index contributed by atoms with van der Waals surface area (Å²) in [4.78, 5) is 18.9. The van der Waals surface area contributed by atoms with Crippen molar-refractivity contribution in [1.29, 1.82) is 0 Å². The van der Waals surface area contributed by atoms with Crippen molar-refractivity contribution in [2.45, 2.75) is 6.54 Å². The Labute approximate surface area is 112 Å². The molecule has 0 fully saturated rings. The zero-order chi connectivity index (χ0) is 12.3. The highest BCUT2D eigenvalue weighted by Gasteiger charge is 2.13. The van der Waals surface area contributed by atoms with E-state index in [-0.39, 0.29) is 5.91 Å². The number of hydrogen-bond acceptors (Lipinski definition) is 3. The van der Waals surface area contributed by atoms with Crippen LogP contribution >= 0.6 is 27.3 Å². The number of nitrogens with zero attached hydrogens (tertiary/aromatic N) is 2. The molecule has 0 unspecified atom stereocenters. The highest BCUT2D eigenvalue weighted by molar-refractivity contribution is 9.10. The van der Waals surface area contributed by atoms with Crippen LogP contribution in [0.5, 0.6) is 0 Å². The van der Waals surface area contributed by atoms with Gasteiger partial charge in [0.2, 0.25) is 0 Å². The molecule has 3 nitrogen and oxygen atoms in total. The van der Waals surface area contributed by atoms with Gasteiger partial charge in [-0.15, -0.1) is 11.3 Å². The van der Waals surface area contributed by atoms with Crippen LogP contribution in [-0.4, -0.2) is 22.8 Å². The largest absolute Gasteiger partial charge is 0.335 e. The molecular weight excluding hydrogens is 300 g/mol. The Hall–Kier alpha value is -1.20. The first-order chi connectivity index (χ1) is 8.16. The molecule has 2 aromatic heterocycles. The second-order valence-electron chi connectivity index (χ2n) is 3.61. The summed E-state index contributed by atoms with van der Waals surface area (Å²) in [5, 5.41) is 2.01. The molecular formula is C12H11BrN2OS. The lowest BCUT2D eigenvalue weighted by Gasteiger charge is -2.15. The summed E-state index contributed by atoms with van der Waals surface area (Å²) in [6.45, 7) is 0.603. The third-order valence-corrected chi connectivity index (χ3v) is 3.93. The summed E-state index contributed by atoms with van der Waals surface area (Å²) in [6.07, 6.45) is 1.63. The summed E-state index contributed by atoms with van der Waals surface area (Å²) < 4.78 is 1.05. The lowest BCUT2D eigenvalue weighted by molar-refractivity contribution is 0.0780. The van der Waals surface area contributed by atoms with Gasteiger partial charge in [-0.25, -0.2) is 0 Å². The molecule has 2 rings (SSSR count). The van der Waals surface area contributed by atoms with Crippen molar-refractivity contribution in [2.24, 2.45) is 0 Å². The lowest BCUT2D eigenvalue weighted by Crippen LogP contribution is -2.26. The van der Waals surface area contributed by atoms with E-state index in [1.807, 2.05) is 17.5 Å². The van der Waals surface area contributed by atoms with Gasteiger partial charge in [0.15, 0.2) is 0 Å². The summed E-state index contributed by atoms with van der Waals surface area (Å²) >= 11 is 5.03. The van der Waals surface area contributed by atoms with Gasteiger partial charge in [0.25, 0.3) is 5.91 Å². The third-order valence-electron chi connectivity index (χ3n) is 2.25. The molecule has 0 aliphatic heterocycles. The molecule has 2 aromatic rings. The predicted molar refractivity (Wildman–Crippen MR) is 72.1 cm³/mol. The fourth-order valence-corrected chi connectivity index (χ4v) is 2.93. The Morgan fingerprint density at radius 1 is 1.53 bits per heavy atom. The quantitative estimate of drug-likeness (QED) is 0.872. The first-order valence-corrected chi connectivity index (χ1v) is 6.73. The standard InChI is InChI=1S/C12H11BrN2OS/c1-15(7-10-6-9(13)8-17-10)12(16)11-4-2-3-5-14-11/h2-6,8H,7H2,1H3. The zero-order valence-electron chi connectivity index (χ0n) is 9.26. The van der Waals surface area contributed by atoms with Crippen LogP contribution in [0, 0.1) is 0 Å². The average molecular weight is 311 g/mol. The molecule has 17 heavy (non-hydrogen) atoms. The highest BCUT2D eigenvalue weighted by atomic mass is 79.9. The topological polar surface area (TPSA) is 33.2 Å². The van der Waals surface area contributed by atoms with Gasteiger partial charge < -0.3 is 4.90 Å². The van der Waals surface area contributed by atoms with E-state index in [1.54, 1.807) is 41.6 Å². The Morgan fingerprint density at radius 3 is 2.94 bits per heavy atom. The monoisotopic (exact) mass is 310 g/mol. The van der Waals surface area contributed by atoms with Gasteiger partial charge in [-0.05, 0) is 34.1 Å². The fourth-order valence-electron chi connectivity index (χ4n) is 1.43. The van der Waals surface area contributed by atoms with Crippen molar-refractivity contribution in [3.05, 3.63) is 50.9 Å². The average Bonchev–Trinajstić information content (AvgIpc) is 2.75. The van der Waals surface area contributed by atoms with E-state index in [4.69, 9.17) is 0 Å². The van der Waals surface area contributed by atoms with Gasteiger partial charge in [-0.2, -0.15) is 0 Å². The minimum Gasteiger partial charge on any atom is -0.335 e. The van der Waals surface area contributed by atoms with E-state index in [0.29, 0.717) is 12.2 Å². The maximum absolute atomic E-state index is 12.0. The van der Waals surface area contributed by atoms with Gasteiger partial charge >= 0.3 is 0 Å². The molecule has 0 aromatic carbocycles. The number of pyridine rings is 1. The zero-order valence-corrected chi connectivity index (χ0v) is 11.7. The van der Waals surface area contributed by atoms with E-state index in [1.165, 1.54) is 0 Å². The Morgan fingerprint density at radius 2 is 2.35 bits per heavy atom. The minimum atomic E-state index is -0.0601. The molecule has 2 heterocycles. The number of carbonyl (C=O) groups excluding carboxylic acids is 1. The van der Waals surface area contributed by atoms with E-state index < -0.39 is 0 Å². The van der Waals surface area contributed by atoms with Crippen LogP contribution in [0.4, 0.5) is 0 Å². The summed E-state index contributed by atoms with van der Waals surface area (Å²) in [6, 6.07) is 7.36. The second-order valence-corrected chi connectivity index (χ2v) is 5.52. The number of thiophene rings is 1. The Bertz CT molecular complexity index is 512. The molecule has 0 saturated carbocycles. The van der Waals surface area contributed by atoms with Gasteiger partial charge in [0.1, 0.15) is 5.69 Å². The van der Waals surface area contributed by atoms with Crippen LogP contribution in [0.3, 0.4) is 0 Å². The Balaban J connectivity index is 2.06. The van der Waals surface area contributed by atoms with Crippen LogP contribution in [0.2, 0.25) is 0 Å². The van der Waals surface area contributed by atoms with Crippen LogP contribution in [0.1, 0.15) is 15.4 Å². The molecule has 0 aliphatic rings. The molecule has 0 bridgehead atoms. The first-order valence-electron chi connectivity index (χ1n) is 5.06. The predicted octanol–water partition coefficient (Wildman–Crippen LogP) is 3.18. The third kappa shape index (κ3) is 3.14. The van der Waals surface area contributed by atoms with E-state index >= 15 is 0 Å². The fraction of sp³-hybridized carbons (Fsp3) is 0.167. The van der Waals surface area contributed by atoms with Gasteiger partial charge in [-0.3, -0.25) is 9.78 Å². The summed E-state index contributed by atoms with van der Waals surface area (Å²) in [5.41, 5.74) is 0.477. The van der Waals surface area contributed by atoms with E-state index in [2.05, 4.69) is 20.9 Å². The maximum atomic E-state index is 12.0. The van der Waals surface area contributed by atoms with Crippen molar-refractivity contribution in [3.8, 4) is 0 Å². The number of rotatable bonds is 3. The smallest absolute Gasteiger partial charge is 0.272 e. The molecule has 0 N–H and O–H groups in total. The maximum Gasteiger partial charge on any atom is 0.272 e. The highest BCUT2D eigenvalue weighted by Crippen LogP contribution is 2.21. The van der Waals surface area contributed by atoms with Crippen LogP contribution in [0.25, 0.3) is 0 Å². The number of halogens is 1. The molecule has 1 amide bonds. The molecule has 0 spiro atoms. The van der Waals surface area contributed by atoms with Crippen LogP contribution in [-0.2, 0) is 6.54 Å². The van der Waals surface area contributed by atoms with Crippen LogP contribution in [0.15, 0.2) is 40.3 Å². The van der Waals surface area contributed by atoms with Crippen molar-refractivity contribution in [3.63, 3.8) is 0 Å². The molecule has 5 heteroatoms. The second kappa shape index (κ2) is 5.42. The first kappa shape index (κ1) is 12.3. The van der Waals surface area contributed by atoms with Gasteiger partial charge in [-0.1, -0.05) is 6.07 Å².